The van der Waals surface area contributed by atoms with Crippen LogP contribution in [-0.4, -0.2) is 76.2 Å². The number of carbonyl (C=O) groups is 3. The monoisotopic (exact) mass is 529 g/mol. The molecule has 202 valence electrons. The van der Waals surface area contributed by atoms with Crippen molar-refractivity contribution in [3.63, 3.8) is 0 Å². The highest BCUT2D eigenvalue weighted by Gasteiger charge is 2.29. The molecule has 0 heterocycles. The molecule has 2 aromatic carbocycles. The van der Waals surface area contributed by atoms with Crippen molar-refractivity contribution in [1.82, 2.24) is 10.2 Å². The molecule has 9 heteroatoms. The molecule has 0 saturated heterocycles. The lowest BCUT2D eigenvalue weighted by Gasteiger charge is -2.28. The second-order valence-corrected chi connectivity index (χ2v) is 10.1. The number of hydrogen-bond donors (Lipinski definition) is 4. The lowest BCUT2D eigenvalue weighted by molar-refractivity contribution is -0.00405. The molecule has 0 aromatic heterocycles. The summed E-state index contributed by atoms with van der Waals surface area (Å²) in [6.07, 6.45) is 1.85. The van der Waals surface area contributed by atoms with E-state index in [2.05, 4.69) is 5.32 Å². The van der Waals surface area contributed by atoms with Crippen LogP contribution in [0.25, 0.3) is 0 Å². The Morgan fingerprint density at radius 1 is 0.973 bits per heavy atom. The van der Waals surface area contributed by atoms with Crippen molar-refractivity contribution in [1.29, 1.82) is 0 Å². The van der Waals surface area contributed by atoms with Gasteiger partial charge in [0.15, 0.2) is 0 Å². The molecule has 0 spiro atoms. The molecule has 2 rings (SSSR count). The Morgan fingerprint density at radius 2 is 1.57 bits per heavy atom. The second kappa shape index (κ2) is 15.4. The number of rotatable bonds is 15. The van der Waals surface area contributed by atoms with Crippen LogP contribution in [0.1, 0.15) is 69.7 Å². The number of aliphatic hydroxyl groups excluding tert-OH is 2. The minimum atomic E-state index is -1.22. The highest BCUT2D eigenvalue weighted by atomic mass is 32.2. The number of thioether (sulfide) groups is 1. The third-order valence-electron chi connectivity index (χ3n) is 6.04. The van der Waals surface area contributed by atoms with Crippen LogP contribution < -0.4 is 11.1 Å². The molecule has 0 aliphatic heterocycles. The van der Waals surface area contributed by atoms with Crippen molar-refractivity contribution in [2.24, 2.45) is 5.73 Å². The quantitative estimate of drug-likeness (QED) is 0.280. The van der Waals surface area contributed by atoms with Crippen molar-refractivity contribution < 1.29 is 24.6 Å². The Morgan fingerprint density at radius 3 is 2.14 bits per heavy atom. The van der Waals surface area contributed by atoms with Gasteiger partial charge in [-0.15, -0.1) is 0 Å². The van der Waals surface area contributed by atoms with Crippen molar-refractivity contribution in [2.75, 3.05) is 25.1 Å². The number of aliphatic hydroxyl groups is 2. The van der Waals surface area contributed by atoms with E-state index in [0.717, 1.165) is 18.4 Å². The maximum Gasteiger partial charge on any atom is 0.253 e. The largest absolute Gasteiger partial charge is 0.390 e. The molecule has 0 bridgehead atoms. The molecule has 0 aliphatic rings. The average Bonchev–Trinajstić information content (AvgIpc) is 2.90. The van der Waals surface area contributed by atoms with Gasteiger partial charge in [0.1, 0.15) is 6.10 Å². The molecule has 8 nitrogen and oxygen atoms in total. The summed E-state index contributed by atoms with van der Waals surface area (Å²) in [4.78, 5) is 40.3. The topological polar surface area (TPSA) is 133 Å². The predicted molar refractivity (Wildman–Crippen MR) is 148 cm³/mol. The lowest BCUT2D eigenvalue weighted by Crippen LogP contribution is -2.50. The molecule has 0 fully saturated rings. The van der Waals surface area contributed by atoms with E-state index in [1.807, 2.05) is 50.4 Å². The summed E-state index contributed by atoms with van der Waals surface area (Å²) in [5.41, 5.74) is 6.71. The van der Waals surface area contributed by atoms with Crippen LogP contribution in [0.15, 0.2) is 48.5 Å². The van der Waals surface area contributed by atoms with E-state index >= 15 is 0 Å². The first kappa shape index (κ1) is 30.3. The second-order valence-electron chi connectivity index (χ2n) is 9.06. The minimum Gasteiger partial charge on any atom is -0.390 e. The Kier molecular flexibility index (Phi) is 12.6. The van der Waals surface area contributed by atoms with E-state index in [0.29, 0.717) is 25.3 Å². The first-order valence-electron chi connectivity index (χ1n) is 12.7. The number of hydrogen-bond acceptors (Lipinski definition) is 6. The van der Waals surface area contributed by atoms with Gasteiger partial charge in [0.25, 0.3) is 11.8 Å². The van der Waals surface area contributed by atoms with Crippen molar-refractivity contribution in [2.45, 2.75) is 57.8 Å². The minimum absolute atomic E-state index is 0.0455. The molecular formula is C28H39N3O5S. The van der Waals surface area contributed by atoms with Gasteiger partial charge in [-0.25, -0.2) is 0 Å². The number of benzene rings is 2. The Labute approximate surface area is 223 Å². The summed E-state index contributed by atoms with van der Waals surface area (Å²) < 4.78 is 0. The maximum atomic E-state index is 13.4. The summed E-state index contributed by atoms with van der Waals surface area (Å²) in [6.45, 7) is 5.05. The molecule has 0 radical (unpaired) electrons. The van der Waals surface area contributed by atoms with Gasteiger partial charge >= 0.3 is 0 Å². The fourth-order valence-corrected chi connectivity index (χ4v) is 4.59. The number of nitrogens with one attached hydrogen (secondary N) is 1. The highest BCUT2D eigenvalue weighted by Crippen LogP contribution is 2.17. The molecule has 0 saturated carbocycles. The zero-order chi connectivity index (χ0) is 27.4. The number of nitrogens with zero attached hydrogens (tertiary/aromatic N) is 1. The van der Waals surface area contributed by atoms with Crippen LogP contribution >= 0.6 is 11.8 Å². The molecule has 5 N–H and O–H groups in total. The maximum absolute atomic E-state index is 13.4. The molecule has 3 amide bonds. The number of primary amides is 1. The van der Waals surface area contributed by atoms with Gasteiger partial charge < -0.3 is 26.2 Å². The van der Waals surface area contributed by atoms with Crippen LogP contribution in [-0.2, 0) is 6.42 Å². The third-order valence-corrected chi connectivity index (χ3v) is 6.68. The molecule has 0 aliphatic carbocycles. The van der Waals surface area contributed by atoms with Gasteiger partial charge in [-0.2, -0.15) is 11.8 Å². The summed E-state index contributed by atoms with van der Waals surface area (Å²) in [5, 5.41) is 24.3. The van der Waals surface area contributed by atoms with Gasteiger partial charge in [-0.3, -0.25) is 14.4 Å². The van der Waals surface area contributed by atoms with Crippen molar-refractivity contribution in [3.8, 4) is 0 Å². The Balaban J connectivity index is 2.38. The lowest BCUT2D eigenvalue weighted by atomic mass is 9.95. The number of carbonyl (C=O) groups excluding carboxylic acids is 3. The molecule has 2 aromatic rings. The Bertz CT molecular complexity index is 1030. The van der Waals surface area contributed by atoms with E-state index in [1.54, 1.807) is 16.7 Å². The van der Waals surface area contributed by atoms with Crippen LogP contribution in [0.3, 0.4) is 0 Å². The molecule has 3 unspecified atom stereocenters. The van der Waals surface area contributed by atoms with Crippen LogP contribution in [0.5, 0.6) is 0 Å². The van der Waals surface area contributed by atoms with Crippen LogP contribution in [0, 0.1) is 0 Å². The number of amides is 3. The summed E-state index contributed by atoms with van der Waals surface area (Å²) in [6, 6.07) is 12.7. The van der Waals surface area contributed by atoms with Gasteiger partial charge in [0.05, 0.1) is 12.1 Å². The normalized spacial score (nSPS) is 13.4. The van der Waals surface area contributed by atoms with Gasteiger partial charge in [0, 0.05) is 29.8 Å². The Hall–Kier alpha value is -2.88. The first-order valence-corrected chi connectivity index (χ1v) is 14.0. The standard InChI is InChI=1S/C28H39N3O5S/c1-4-12-31(13-5-2)28(36)22-17-20(26(29)34)16-21(18-22)27(35)30-23(15-19-9-7-6-8-10-19)25(33)24(32)11-14-37-3/h6-10,16-18,23-25,32-33H,4-5,11-15H2,1-3H3,(H2,29,34)(H,30,35). The summed E-state index contributed by atoms with van der Waals surface area (Å²) in [7, 11) is 0. The predicted octanol–water partition coefficient (Wildman–Crippen LogP) is 2.86. The van der Waals surface area contributed by atoms with E-state index in [-0.39, 0.29) is 29.0 Å². The average molecular weight is 530 g/mol. The summed E-state index contributed by atoms with van der Waals surface area (Å²) in [5.74, 6) is -0.960. The third kappa shape index (κ3) is 9.18. The van der Waals surface area contributed by atoms with Gasteiger partial charge in [0.2, 0.25) is 5.91 Å². The van der Waals surface area contributed by atoms with Crippen LogP contribution in [0.2, 0.25) is 0 Å². The van der Waals surface area contributed by atoms with E-state index in [4.69, 9.17) is 5.73 Å². The van der Waals surface area contributed by atoms with E-state index in [9.17, 15) is 24.6 Å². The van der Waals surface area contributed by atoms with Gasteiger partial charge in [-0.1, -0.05) is 44.2 Å². The highest BCUT2D eigenvalue weighted by molar-refractivity contribution is 7.98. The molecule has 3 atom stereocenters. The fraction of sp³-hybridized carbons (Fsp3) is 0.464. The number of nitrogens with two attached hydrogens (primary N) is 1. The van der Waals surface area contributed by atoms with E-state index < -0.39 is 30.1 Å². The van der Waals surface area contributed by atoms with Crippen LogP contribution in [0.4, 0.5) is 0 Å². The van der Waals surface area contributed by atoms with Crippen molar-refractivity contribution >= 4 is 29.5 Å². The van der Waals surface area contributed by atoms with Gasteiger partial charge in [-0.05, 0) is 61.5 Å². The molecular weight excluding hydrogens is 490 g/mol. The zero-order valence-electron chi connectivity index (χ0n) is 21.9. The van der Waals surface area contributed by atoms with Crippen molar-refractivity contribution in [3.05, 3.63) is 70.8 Å². The SMILES string of the molecule is CCCN(CCC)C(=O)c1cc(C(N)=O)cc(C(=O)NC(Cc2ccccc2)C(O)C(O)CCSC)c1. The zero-order valence-corrected chi connectivity index (χ0v) is 22.7. The fourth-order valence-electron chi connectivity index (χ4n) is 4.12. The van der Waals surface area contributed by atoms with E-state index in [1.165, 1.54) is 18.2 Å². The summed E-state index contributed by atoms with van der Waals surface area (Å²) >= 11 is 1.55. The smallest absolute Gasteiger partial charge is 0.253 e. The molecule has 37 heavy (non-hydrogen) atoms. The first-order chi connectivity index (χ1) is 17.7.